The van der Waals surface area contributed by atoms with Crippen molar-refractivity contribution in [3.05, 3.63) is 35.9 Å². The van der Waals surface area contributed by atoms with Gasteiger partial charge in [-0.3, -0.25) is 4.79 Å². The molecule has 2 nitrogen and oxygen atoms in total. The maximum atomic E-state index is 12.7. The van der Waals surface area contributed by atoms with Crippen molar-refractivity contribution in [1.29, 1.82) is 0 Å². The number of benzene rings is 1. The molecule has 2 heteroatoms. The van der Waals surface area contributed by atoms with E-state index in [-0.39, 0.29) is 17.9 Å². The summed E-state index contributed by atoms with van der Waals surface area (Å²) < 4.78 is 0. The molecule has 2 N–H and O–H groups in total. The first-order valence-corrected chi connectivity index (χ1v) is 7.60. The molecule has 0 radical (unpaired) electrons. The van der Waals surface area contributed by atoms with Gasteiger partial charge >= 0.3 is 0 Å². The molecule has 0 aromatic heterocycles. The Bertz CT molecular complexity index is 495. The maximum absolute atomic E-state index is 12.7. The van der Waals surface area contributed by atoms with Crippen LogP contribution >= 0.6 is 0 Å². The Morgan fingerprint density at radius 2 is 1.79 bits per heavy atom. The Hall–Kier alpha value is -1.15. The average Bonchev–Trinajstić information content (AvgIpc) is 3.01. The highest BCUT2D eigenvalue weighted by molar-refractivity contribution is 5.88. The molecule has 0 saturated heterocycles. The standard InChI is InChI=1S/C17H21NO/c18-16-12-7-6-11(8-12)15(16)17(19)14-9-13(14)10-4-2-1-3-5-10/h1-5,11-16H,6-9,18H2. The summed E-state index contributed by atoms with van der Waals surface area (Å²) in [4.78, 5) is 12.7. The van der Waals surface area contributed by atoms with Gasteiger partial charge in [0.1, 0.15) is 5.78 Å². The third kappa shape index (κ3) is 1.77. The zero-order chi connectivity index (χ0) is 13.0. The third-order valence-electron chi connectivity index (χ3n) is 5.69. The van der Waals surface area contributed by atoms with E-state index in [2.05, 4.69) is 24.3 Å². The molecule has 1 aromatic carbocycles. The fourth-order valence-corrected chi connectivity index (χ4v) is 4.58. The normalized spacial score (nSPS) is 43.4. The molecule has 2 bridgehead atoms. The van der Waals surface area contributed by atoms with Crippen LogP contribution in [0.15, 0.2) is 30.3 Å². The first-order chi connectivity index (χ1) is 9.25. The summed E-state index contributed by atoms with van der Waals surface area (Å²) in [6, 6.07) is 10.6. The minimum atomic E-state index is 0.156. The van der Waals surface area contributed by atoms with E-state index in [4.69, 9.17) is 5.73 Å². The van der Waals surface area contributed by atoms with Crippen molar-refractivity contribution in [3.8, 4) is 0 Å². The van der Waals surface area contributed by atoms with E-state index in [1.54, 1.807) is 0 Å². The predicted octanol–water partition coefficient (Wildman–Crippen LogP) is 2.73. The summed E-state index contributed by atoms with van der Waals surface area (Å²) in [5, 5.41) is 0. The highest BCUT2D eigenvalue weighted by Gasteiger charge is 2.54. The molecular formula is C17H21NO. The lowest BCUT2D eigenvalue weighted by atomic mass is 9.80. The molecule has 100 valence electrons. The van der Waals surface area contributed by atoms with Gasteiger partial charge in [-0.1, -0.05) is 30.3 Å². The van der Waals surface area contributed by atoms with Gasteiger partial charge in [-0.15, -0.1) is 0 Å². The number of carbonyl (C=O) groups excluding carboxylic acids is 1. The topological polar surface area (TPSA) is 43.1 Å². The fraction of sp³-hybridized carbons (Fsp3) is 0.588. The highest BCUT2D eigenvalue weighted by Crippen LogP contribution is 2.54. The molecule has 3 aliphatic rings. The van der Waals surface area contributed by atoms with Crippen molar-refractivity contribution in [2.24, 2.45) is 29.4 Å². The predicted molar refractivity (Wildman–Crippen MR) is 74.6 cm³/mol. The van der Waals surface area contributed by atoms with Gasteiger partial charge in [0.25, 0.3) is 0 Å². The number of carbonyl (C=O) groups is 1. The van der Waals surface area contributed by atoms with Crippen LogP contribution in [0.1, 0.15) is 37.2 Å². The van der Waals surface area contributed by atoms with Gasteiger partial charge < -0.3 is 5.73 Å². The number of hydrogen-bond donors (Lipinski definition) is 1. The number of Topliss-reactive ketones (excluding diaryl/α,β-unsaturated/α-hetero) is 1. The largest absolute Gasteiger partial charge is 0.327 e. The molecule has 19 heavy (non-hydrogen) atoms. The Kier molecular flexibility index (Phi) is 2.56. The van der Waals surface area contributed by atoms with Crippen molar-refractivity contribution in [2.45, 2.75) is 37.6 Å². The van der Waals surface area contributed by atoms with Gasteiger partial charge in [0, 0.05) is 17.9 Å². The van der Waals surface area contributed by atoms with Gasteiger partial charge in [-0.25, -0.2) is 0 Å². The molecule has 0 aliphatic heterocycles. The minimum absolute atomic E-state index is 0.156. The van der Waals surface area contributed by atoms with Gasteiger partial charge in [0.05, 0.1) is 0 Å². The van der Waals surface area contributed by atoms with Crippen LogP contribution in [-0.4, -0.2) is 11.8 Å². The maximum Gasteiger partial charge on any atom is 0.141 e. The van der Waals surface area contributed by atoms with Crippen LogP contribution in [0.2, 0.25) is 0 Å². The molecule has 0 spiro atoms. The second kappa shape index (κ2) is 4.17. The molecule has 3 aliphatic carbocycles. The molecular weight excluding hydrogens is 234 g/mol. The first-order valence-electron chi connectivity index (χ1n) is 7.60. The van der Waals surface area contributed by atoms with Crippen LogP contribution in [0.3, 0.4) is 0 Å². The zero-order valence-corrected chi connectivity index (χ0v) is 11.2. The molecule has 3 fully saturated rings. The number of nitrogens with two attached hydrogens (primary N) is 1. The zero-order valence-electron chi connectivity index (χ0n) is 11.2. The van der Waals surface area contributed by atoms with Crippen LogP contribution in [0, 0.1) is 23.7 Å². The first kappa shape index (κ1) is 11.7. The number of fused-ring (bicyclic) bond motifs is 2. The van der Waals surface area contributed by atoms with Crippen LogP contribution in [0.4, 0.5) is 0 Å². The van der Waals surface area contributed by atoms with Crippen molar-refractivity contribution in [3.63, 3.8) is 0 Å². The fourth-order valence-electron chi connectivity index (χ4n) is 4.58. The van der Waals surface area contributed by atoms with Crippen molar-refractivity contribution in [2.75, 3.05) is 0 Å². The van der Waals surface area contributed by atoms with E-state index in [9.17, 15) is 4.79 Å². The quantitative estimate of drug-likeness (QED) is 0.902. The Morgan fingerprint density at radius 1 is 1.05 bits per heavy atom. The molecule has 6 unspecified atom stereocenters. The average molecular weight is 255 g/mol. The lowest BCUT2D eigenvalue weighted by molar-refractivity contribution is -0.126. The summed E-state index contributed by atoms with van der Waals surface area (Å²) in [6.07, 6.45) is 4.74. The molecule has 0 heterocycles. The molecule has 0 amide bonds. The van der Waals surface area contributed by atoms with Crippen molar-refractivity contribution >= 4 is 5.78 Å². The second-order valence-electron chi connectivity index (χ2n) is 6.70. The van der Waals surface area contributed by atoms with E-state index in [0.717, 1.165) is 6.42 Å². The van der Waals surface area contributed by atoms with Crippen LogP contribution in [0.25, 0.3) is 0 Å². The van der Waals surface area contributed by atoms with E-state index < -0.39 is 0 Å². The minimum Gasteiger partial charge on any atom is -0.327 e. The SMILES string of the molecule is NC1C2CCC(C2)C1C(=O)C1CC1c1ccccc1. The van der Waals surface area contributed by atoms with Crippen LogP contribution in [-0.2, 0) is 4.79 Å². The summed E-state index contributed by atoms with van der Waals surface area (Å²) in [7, 11) is 0. The van der Waals surface area contributed by atoms with Gasteiger partial charge in [-0.2, -0.15) is 0 Å². The van der Waals surface area contributed by atoms with Gasteiger partial charge in [0.2, 0.25) is 0 Å². The molecule has 3 saturated carbocycles. The lowest BCUT2D eigenvalue weighted by Crippen LogP contribution is -2.41. The smallest absolute Gasteiger partial charge is 0.141 e. The number of ketones is 1. The summed E-state index contributed by atoms with van der Waals surface area (Å²) >= 11 is 0. The number of hydrogen-bond acceptors (Lipinski definition) is 2. The van der Waals surface area contributed by atoms with E-state index in [1.165, 1.54) is 24.8 Å². The Morgan fingerprint density at radius 3 is 2.47 bits per heavy atom. The Labute approximate surface area is 114 Å². The van der Waals surface area contributed by atoms with E-state index >= 15 is 0 Å². The summed E-state index contributed by atoms with van der Waals surface area (Å²) in [6.45, 7) is 0. The summed E-state index contributed by atoms with van der Waals surface area (Å²) in [5.74, 6) is 2.63. The third-order valence-corrected chi connectivity index (χ3v) is 5.69. The second-order valence-corrected chi connectivity index (χ2v) is 6.70. The van der Waals surface area contributed by atoms with E-state index in [1.807, 2.05) is 6.07 Å². The molecule has 6 atom stereocenters. The highest BCUT2D eigenvalue weighted by atomic mass is 16.1. The molecule has 1 aromatic rings. The van der Waals surface area contributed by atoms with Crippen LogP contribution in [0.5, 0.6) is 0 Å². The van der Waals surface area contributed by atoms with E-state index in [0.29, 0.717) is 23.5 Å². The van der Waals surface area contributed by atoms with Crippen LogP contribution < -0.4 is 5.73 Å². The van der Waals surface area contributed by atoms with Crippen molar-refractivity contribution < 1.29 is 4.79 Å². The lowest BCUT2D eigenvalue weighted by Gasteiger charge is -2.27. The summed E-state index contributed by atoms with van der Waals surface area (Å²) in [5.41, 5.74) is 7.63. The van der Waals surface area contributed by atoms with Gasteiger partial charge in [0.15, 0.2) is 0 Å². The Balaban J connectivity index is 1.49. The monoisotopic (exact) mass is 255 g/mol. The number of rotatable bonds is 3. The van der Waals surface area contributed by atoms with Crippen molar-refractivity contribution in [1.82, 2.24) is 0 Å². The van der Waals surface area contributed by atoms with Gasteiger partial charge in [-0.05, 0) is 49.0 Å². The molecule has 4 rings (SSSR count).